The maximum absolute atomic E-state index is 13.0. The van der Waals surface area contributed by atoms with Gasteiger partial charge in [0.25, 0.3) is 0 Å². The second-order valence-corrected chi connectivity index (χ2v) is 3.94. The quantitative estimate of drug-likeness (QED) is 0.750. The Bertz CT molecular complexity index is 349. The van der Waals surface area contributed by atoms with Crippen molar-refractivity contribution < 1.29 is 9.18 Å². The number of hydrogen-bond acceptors (Lipinski definition) is 1. The highest BCUT2D eigenvalue weighted by Crippen LogP contribution is 2.16. The van der Waals surface area contributed by atoms with Gasteiger partial charge in [-0.25, -0.2) is 4.39 Å². The fraction of sp³-hybridized carbons (Fsp3) is 0.417. The molecule has 0 saturated heterocycles. The summed E-state index contributed by atoms with van der Waals surface area (Å²) in [6, 6.07) is 4.67. The molecule has 0 atom stereocenters. The van der Waals surface area contributed by atoms with Crippen LogP contribution in [0.4, 0.5) is 4.39 Å². The standard InChI is InChI=1S/C12H14ClFO/c1-2-3-10(15)6-4-9-5-7-11(13)12(14)8-9/h5,7-8H,2-4,6H2,1H3. The number of hydrogen-bond donors (Lipinski definition) is 0. The fourth-order valence-electron chi connectivity index (χ4n) is 1.38. The van der Waals surface area contributed by atoms with E-state index < -0.39 is 5.82 Å². The summed E-state index contributed by atoms with van der Waals surface area (Å²) in [7, 11) is 0. The Morgan fingerprint density at radius 1 is 1.40 bits per heavy atom. The Labute approximate surface area is 94.3 Å². The molecule has 0 aliphatic heterocycles. The minimum absolute atomic E-state index is 0.124. The van der Waals surface area contributed by atoms with Gasteiger partial charge >= 0.3 is 0 Å². The summed E-state index contributed by atoms with van der Waals surface area (Å²) in [5.41, 5.74) is 0.821. The summed E-state index contributed by atoms with van der Waals surface area (Å²) in [5, 5.41) is 0.124. The molecule has 1 nitrogen and oxygen atoms in total. The lowest BCUT2D eigenvalue weighted by Crippen LogP contribution is -1.99. The van der Waals surface area contributed by atoms with E-state index in [1.807, 2.05) is 6.92 Å². The lowest BCUT2D eigenvalue weighted by atomic mass is 10.1. The lowest BCUT2D eigenvalue weighted by molar-refractivity contribution is -0.119. The first-order valence-electron chi connectivity index (χ1n) is 5.09. The number of rotatable bonds is 5. The van der Waals surface area contributed by atoms with Crippen molar-refractivity contribution in [1.82, 2.24) is 0 Å². The van der Waals surface area contributed by atoms with Gasteiger partial charge in [0.2, 0.25) is 0 Å². The third kappa shape index (κ3) is 4.00. The summed E-state index contributed by atoms with van der Waals surface area (Å²) in [4.78, 5) is 11.2. The molecule has 0 spiro atoms. The molecule has 0 aliphatic carbocycles. The summed E-state index contributed by atoms with van der Waals surface area (Å²) in [6.45, 7) is 1.97. The number of Topliss-reactive ketones (excluding diaryl/α,β-unsaturated/α-hetero) is 1. The second-order valence-electron chi connectivity index (χ2n) is 3.54. The molecule has 0 radical (unpaired) electrons. The number of carbonyl (C=O) groups is 1. The molecule has 0 unspecified atom stereocenters. The van der Waals surface area contributed by atoms with Crippen LogP contribution in [-0.2, 0) is 11.2 Å². The highest BCUT2D eigenvalue weighted by atomic mass is 35.5. The number of benzene rings is 1. The van der Waals surface area contributed by atoms with Gasteiger partial charge in [-0.1, -0.05) is 24.6 Å². The van der Waals surface area contributed by atoms with Crippen molar-refractivity contribution in [2.45, 2.75) is 32.6 Å². The minimum atomic E-state index is -0.419. The fourth-order valence-corrected chi connectivity index (χ4v) is 1.50. The van der Waals surface area contributed by atoms with Crippen LogP contribution in [-0.4, -0.2) is 5.78 Å². The van der Waals surface area contributed by atoms with Crippen molar-refractivity contribution in [3.8, 4) is 0 Å². The van der Waals surface area contributed by atoms with Crippen LogP contribution in [0.25, 0.3) is 0 Å². The normalized spacial score (nSPS) is 10.3. The first kappa shape index (κ1) is 12.2. The predicted molar refractivity (Wildman–Crippen MR) is 59.6 cm³/mol. The van der Waals surface area contributed by atoms with E-state index in [9.17, 15) is 9.18 Å². The van der Waals surface area contributed by atoms with E-state index in [0.717, 1.165) is 12.0 Å². The molecule has 1 rings (SSSR count). The van der Waals surface area contributed by atoms with Crippen LogP contribution in [0.5, 0.6) is 0 Å². The lowest BCUT2D eigenvalue weighted by Gasteiger charge is -2.01. The molecular formula is C12H14ClFO. The Balaban J connectivity index is 2.51. The second kappa shape index (κ2) is 5.86. The van der Waals surface area contributed by atoms with Gasteiger partial charge in [0.1, 0.15) is 11.6 Å². The van der Waals surface area contributed by atoms with Crippen molar-refractivity contribution in [1.29, 1.82) is 0 Å². The summed E-state index contributed by atoms with van der Waals surface area (Å²) in [6.07, 6.45) is 2.55. The average molecular weight is 229 g/mol. The largest absolute Gasteiger partial charge is 0.300 e. The number of carbonyl (C=O) groups excluding carboxylic acids is 1. The summed E-state index contributed by atoms with van der Waals surface area (Å²) < 4.78 is 13.0. The van der Waals surface area contributed by atoms with Crippen LogP contribution in [0.15, 0.2) is 18.2 Å². The van der Waals surface area contributed by atoms with Crippen LogP contribution in [0.1, 0.15) is 31.7 Å². The van der Waals surface area contributed by atoms with E-state index >= 15 is 0 Å². The van der Waals surface area contributed by atoms with Crippen LogP contribution in [0.2, 0.25) is 5.02 Å². The molecule has 0 amide bonds. The van der Waals surface area contributed by atoms with Crippen LogP contribution >= 0.6 is 11.6 Å². The van der Waals surface area contributed by atoms with Crippen molar-refractivity contribution in [2.75, 3.05) is 0 Å². The first-order chi connectivity index (χ1) is 7.13. The molecular weight excluding hydrogens is 215 g/mol. The first-order valence-corrected chi connectivity index (χ1v) is 5.47. The summed E-state index contributed by atoms with van der Waals surface area (Å²) in [5.74, 6) is -0.190. The summed E-state index contributed by atoms with van der Waals surface area (Å²) >= 11 is 5.55. The monoisotopic (exact) mass is 228 g/mol. The van der Waals surface area contributed by atoms with Gasteiger partial charge < -0.3 is 0 Å². The van der Waals surface area contributed by atoms with Crippen molar-refractivity contribution in [2.24, 2.45) is 0 Å². The molecule has 0 fully saturated rings. The SMILES string of the molecule is CCCC(=O)CCc1ccc(Cl)c(F)c1. The Morgan fingerprint density at radius 2 is 2.13 bits per heavy atom. The number of halogens is 2. The van der Waals surface area contributed by atoms with Crippen LogP contribution in [0.3, 0.4) is 0 Å². The van der Waals surface area contributed by atoms with Gasteiger partial charge in [0.15, 0.2) is 0 Å². The highest BCUT2D eigenvalue weighted by molar-refractivity contribution is 6.30. The number of ketones is 1. The average Bonchev–Trinajstić information content (AvgIpc) is 2.20. The maximum atomic E-state index is 13.0. The van der Waals surface area contributed by atoms with Gasteiger partial charge in [0, 0.05) is 12.8 Å². The zero-order valence-corrected chi connectivity index (χ0v) is 9.48. The molecule has 15 heavy (non-hydrogen) atoms. The van der Waals surface area contributed by atoms with E-state index in [2.05, 4.69) is 0 Å². The molecule has 0 heterocycles. The molecule has 0 N–H and O–H groups in total. The highest BCUT2D eigenvalue weighted by Gasteiger charge is 2.04. The van der Waals surface area contributed by atoms with Gasteiger partial charge in [0.05, 0.1) is 5.02 Å². The zero-order chi connectivity index (χ0) is 11.3. The van der Waals surface area contributed by atoms with Crippen molar-refractivity contribution in [3.63, 3.8) is 0 Å². The van der Waals surface area contributed by atoms with E-state index in [1.165, 1.54) is 12.1 Å². The third-order valence-corrected chi connectivity index (χ3v) is 2.51. The van der Waals surface area contributed by atoms with Crippen LogP contribution in [0, 0.1) is 5.82 Å². The molecule has 82 valence electrons. The molecule has 3 heteroatoms. The van der Waals surface area contributed by atoms with E-state index in [-0.39, 0.29) is 10.8 Å². The minimum Gasteiger partial charge on any atom is -0.300 e. The topological polar surface area (TPSA) is 17.1 Å². The van der Waals surface area contributed by atoms with Crippen molar-refractivity contribution >= 4 is 17.4 Å². The molecule has 1 aromatic rings. The van der Waals surface area contributed by atoms with E-state index in [0.29, 0.717) is 19.3 Å². The molecule has 1 aromatic carbocycles. The molecule has 0 saturated carbocycles. The Kier molecular flexibility index (Phi) is 4.76. The van der Waals surface area contributed by atoms with Gasteiger partial charge in [-0.05, 0) is 30.5 Å². The van der Waals surface area contributed by atoms with E-state index in [1.54, 1.807) is 6.07 Å². The van der Waals surface area contributed by atoms with Crippen molar-refractivity contribution in [3.05, 3.63) is 34.6 Å². The van der Waals surface area contributed by atoms with E-state index in [4.69, 9.17) is 11.6 Å². The Morgan fingerprint density at radius 3 is 2.73 bits per heavy atom. The predicted octanol–water partition coefficient (Wildman–Crippen LogP) is 3.78. The van der Waals surface area contributed by atoms with Crippen LogP contribution < -0.4 is 0 Å². The molecule has 0 aliphatic rings. The molecule has 0 bridgehead atoms. The smallest absolute Gasteiger partial charge is 0.142 e. The van der Waals surface area contributed by atoms with Gasteiger partial charge in [-0.15, -0.1) is 0 Å². The Hall–Kier alpha value is -0.890. The third-order valence-electron chi connectivity index (χ3n) is 2.21. The van der Waals surface area contributed by atoms with Gasteiger partial charge in [-0.3, -0.25) is 4.79 Å². The number of aryl methyl sites for hydroxylation is 1. The molecule has 0 aromatic heterocycles. The maximum Gasteiger partial charge on any atom is 0.142 e. The van der Waals surface area contributed by atoms with Gasteiger partial charge in [-0.2, -0.15) is 0 Å². The zero-order valence-electron chi connectivity index (χ0n) is 8.72.